The maximum absolute atomic E-state index is 5.66. The molecule has 0 bridgehead atoms. The highest BCUT2D eigenvalue weighted by atomic mass is 15.1. The van der Waals surface area contributed by atoms with Crippen LogP contribution in [-0.4, -0.2) is 18.1 Å². The molecule has 15 heavy (non-hydrogen) atoms. The van der Waals surface area contributed by atoms with E-state index in [9.17, 15) is 0 Å². The molecule has 2 N–H and O–H groups in total. The SMILES string of the molecule is Cc1cc(N)ncc1N1CCCCCC1. The molecule has 1 saturated heterocycles. The van der Waals surface area contributed by atoms with E-state index >= 15 is 0 Å². The third-order valence-corrected chi connectivity index (χ3v) is 3.05. The van der Waals surface area contributed by atoms with E-state index in [0.717, 1.165) is 13.1 Å². The van der Waals surface area contributed by atoms with Gasteiger partial charge in [-0.15, -0.1) is 0 Å². The lowest BCUT2D eigenvalue weighted by molar-refractivity contribution is 0.726. The second kappa shape index (κ2) is 4.51. The van der Waals surface area contributed by atoms with Gasteiger partial charge in [0.25, 0.3) is 0 Å². The van der Waals surface area contributed by atoms with Crippen molar-refractivity contribution in [2.45, 2.75) is 32.6 Å². The minimum Gasteiger partial charge on any atom is -0.384 e. The Morgan fingerprint density at radius 2 is 1.87 bits per heavy atom. The summed E-state index contributed by atoms with van der Waals surface area (Å²) in [6.45, 7) is 4.43. The van der Waals surface area contributed by atoms with E-state index in [-0.39, 0.29) is 0 Å². The largest absolute Gasteiger partial charge is 0.384 e. The number of aryl methyl sites for hydroxylation is 1. The zero-order valence-corrected chi connectivity index (χ0v) is 9.37. The minimum atomic E-state index is 0.617. The van der Waals surface area contributed by atoms with Gasteiger partial charge in [0.1, 0.15) is 5.82 Å². The van der Waals surface area contributed by atoms with Crippen molar-refractivity contribution in [1.29, 1.82) is 0 Å². The fourth-order valence-corrected chi connectivity index (χ4v) is 2.21. The predicted octanol–water partition coefficient (Wildman–Crippen LogP) is 2.35. The molecule has 0 aliphatic carbocycles. The van der Waals surface area contributed by atoms with Crippen LogP contribution in [0.2, 0.25) is 0 Å². The second-order valence-electron chi connectivity index (χ2n) is 4.30. The second-order valence-corrected chi connectivity index (χ2v) is 4.30. The lowest BCUT2D eigenvalue weighted by Crippen LogP contribution is -2.24. The molecule has 0 atom stereocenters. The van der Waals surface area contributed by atoms with E-state index in [1.165, 1.54) is 36.9 Å². The highest BCUT2D eigenvalue weighted by Crippen LogP contribution is 2.23. The lowest BCUT2D eigenvalue weighted by Gasteiger charge is -2.24. The number of rotatable bonds is 1. The molecule has 0 aromatic carbocycles. The Bertz CT molecular complexity index is 328. The van der Waals surface area contributed by atoms with Crippen LogP contribution in [0.25, 0.3) is 0 Å². The number of nitrogens with two attached hydrogens (primary N) is 1. The molecule has 1 aromatic heterocycles. The molecule has 1 aliphatic rings. The van der Waals surface area contributed by atoms with Gasteiger partial charge in [0.05, 0.1) is 11.9 Å². The molecule has 1 aliphatic heterocycles. The Labute approximate surface area is 91.3 Å². The van der Waals surface area contributed by atoms with Crippen molar-refractivity contribution in [3.05, 3.63) is 17.8 Å². The third-order valence-electron chi connectivity index (χ3n) is 3.05. The summed E-state index contributed by atoms with van der Waals surface area (Å²) in [7, 11) is 0. The number of nitrogen functional groups attached to an aromatic ring is 1. The van der Waals surface area contributed by atoms with Gasteiger partial charge in [-0.1, -0.05) is 12.8 Å². The van der Waals surface area contributed by atoms with Crippen LogP contribution in [0.4, 0.5) is 11.5 Å². The summed E-state index contributed by atoms with van der Waals surface area (Å²) in [4.78, 5) is 6.62. The molecule has 1 fully saturated rings. The van der Waals surface area contributed by atoms with Crippen LogP contribution in [-0.2, 0) is 0 Å². The van der Waals surface area contributed by atoms with Crippen molar-refractivity contribution in [3.63, 3.8) is 0 Å². The van der Waals surface area contributed by atoms with Crippen molar-refractivity contribution < 1.29 is 0 Å². The summed E-state index contributed by atoms with van der Waals surface area (Å²) in [5, 5.41) is 0. The number of nitrogens with zero attached hydrogens (tertiary/aromatic N) is 2. The third kappa shape index (κ3) is 2.41. The summed E-state index contributed by atoms with van der Waals surface area (Å²) in [5.41, 5.74) is 8.15. The van der Waals surface area contributed by atoms with E-state index in [1.54, 1.807) is 0 Å². The summed E-state index contributed by atoms with van der Waals surface area (Å²) in [6.07, 6.45) is 7.22. The van der Waals surface area contributed by atoms with E-state index in [0.29, 0.717) is 5.82 Å². The quantitative estimate of drug-likeness (QED) is 0.765. The summed E-state index contributed by atoms with van der Waals surface area (Å²) in [6, 6.07) is 1.96. The van der Waals surface area contributed by atoms with Gasteiger partial charge in [-0.25, -0.2) is 4.98 Å². The van der Waals surface area contributed by atoms with Crippen molar-refractivity contribution in [2.75, 3.05) is 23.7 Å². The van der Waals surface area contributed by atoms with Crippen molar-refractivity contribution in [2.24, 2.45) is 0 Å². The zero-order chi connectivity index (χ0) is 10.7. The van der Waals surface area contributed by atoms with Crippen LogP contribution in [0.15, 0.2) is 12.3 Å². The molecule has 82 valence electrons. The minimum absolute atomic E-state index is 0.617. The topological polar surface area (TPSA) is 42.1 Å². The van der Waals surface area contributed by atoms with E-state index < -0.39 is 0 Å². The van der Waals surface area contributed by atoms with Gasteiger partial charge < -0.3 is 10.6 Å². The maximum atomic E-state index is 5.66. The van der Waals surface area contributed by atoms with Gasteiger partial charge in [-0.3, -0.25) is 0 Å². The van der Waals surface area contributed by atoms with Crippen LogP contribution in [0.5, 0.6) is 0 Å². The van der Waals surface area contributed by atoms with Crippen LogP contribution >= 0.6 is 0 Å². The van der Waals surface area contributed by atoms with Gasteiger partial charge in [0, 0.05) is 13.1 Å². The Morgan fingerprint density at radius 1 is 1.20 bits per heavy atom. The standard InChI is InChI=1S/C12H19N3/c1-10-8-12(13)14-9-11(10)15-6-4-2-3-5-7-15/h8-9H,2-7H2,1H3,(H2,13,14). The summed E-state index contributed by atoms with van der Waals surface area (Å²) in [5.74, 6) is 0.617. The first-order chi connectivity index (χ1) is 7.27. The Balaban J connectivity index is 2.19. The summed E-state index contributed by atoms with van der Waals surface area (Å²) < 4.78 is 0. The number of hydrogen-bond acceptors (Lipinski definition) is 3. The molecule has 0 spiro atoms. The molecule has 3 nitrogen and oxygen atoms in total. The lowest BCUT2D eigenvalue weighted by atomic mass is 10.2. The van der Waals surface area contributed by atoms with Gasteiger partial charge in [-0.2, -0.15) is 0 Å². The average Bonchev–Trinajstić information content (AvgIpc) is 2.46. The molecular weight excluding hydrogens is 186 g/mol. The fraction of sp³-hybridized carbons (Fsp3) is 0.583. The van der Waals surface area contributed by atoms with E-state index in [2.05, 4.69) is 16.8 Å². The monoisotopic (exact) mass is 205 g/mol. The maximum Gasteiger partial charge on any atom is 0.123 e. The Morgan fingerprint density at radius 3 is 2.47 bits per heavy atom. The van der Waals surface area contributed by atoms with Crippen molar-refractivity contribution in [3.8, 4) is 0 Å². The molecule has 0 radical (unpaired) electrons. The van der Waals surface area contributed by atoms with E-state index in [1.807, 2.05) is 12.3 Å². The van der Waals surface area contributed by atoms with Gasteiger partial charge in [0.15, 0.2) is 0 Å². The molecule has 1 aromatic rings. The van der Waals surface area contributed by atoms with Gasteiger partial charge >= 0.3 is 0 Å². The number of pyridine rings is 1. The van der Waals surface area contributed by atoms with Crippen LogP contribution in [0.1, 0.15) is 31.2 Å². The first-order valence-electron chi connectivity index (χ1n) is 5.74. The number of aromatic nitrogens is 1. The zero-order valence-electron chi connectivity index (χ0n) is 9.37. The molecule has 0 unspecified atom stereocenters. The fourth-order valence-electron chi connectivity index (χ4n) is 2.21. The highest BCUT2D eigenvalue weighted by molar-refractivity contribution is 5.55. The average molecular weight is 205 g/mol. The first-order valence-corrected chi connectivity index (χ1v) is 5.74. The molecule has 3 heteroatoms. The normalized spacial score (nSPS) is 17.5. The number of hydrogen-bond donors (Lipinski definition) is 1. The molecule has 2 rings (SSSR count). The van der Waals surface area contributed by atoms with Crippen molar-refractivity contribution >= 4 is 11.5 Å². The van der Waals surface area contributed by atoms with Crippen LogP contribution in [0.3, 0.4) is 0 Å². The van der Waals surface area contributed by atoms with Crippen LogP contribution < -0.4 is 10.6 Å². The Hall–Kier alpha value is -1.25. The smallest absolute Gasteiger partial charge is 0.123 e. The van der Waals surface area contributed by atoms with Crippen LogP contribution in [0, 0.1) is 6.92 Å². The molecule has 2 heterocycles. The molecule has 0 amide bonds. The highest BCUT2D eigenvalue weighted by Gasteiger charge is 2.12. The summed E-state index contributed by atoms with van der Waals surface area (Å²) >= 11 is 0. The van der Waals surface area contributed by atoms with Crippen molar-refractivity contribution in [1.82, 2.24) is 4.98 Å². The van der Waals surface area contributed by atoms with Gasteiger partial charge in [-0.05, 0) is 31.4 Å². The Kier molecular flexibility index (Phi) is 3.09. The van der Waals surface area contributed by atoms with E-state index in [4.69, 9.17) is 5.73 Å². The van der Waals surface area contributed by atoms with Gasteiger partial charge in [0.2, 0.25) is 0 Å². The predicted molar refractivity (Wildman–Crippen MR) is 64.1 cm³/mol. The molecular formula is C12H19N3. The molecule has 0 saturated carbocycles. The first kappa shape index (κ1) is 10.3. The number of anilines is 2.